The number of rotatable bonds is 8. The van der Waals surface area contributed by atoms with Crippen molar-refractivity contribution in [3.8, 4) is 5.75 Å². The van der Waals surface area contributed by atoms with Gasteiger partial charge in [-0.25, -0.2) is 0 Å². The summed E-state index contributed by atoms with van der Waals surface area (Å²) in [6, 6.07) is 5.48. The standard InChI is InChI=1S/C13H22N2O3/c1-3-6-18-13-7-10(4-5-12(13)14)15-8-11(16)9-17-2/h4-5,7,11,15-16H,3,6,8-9,14H2,1-2H3. The summed E-state index contributed by atoms with van der Waals surface area (Å²) in [5, 5.41) is 12.6. The molecule has 0 fully saturated rings. The zero-order chi connectivity index (χ0) is 13.4. The Labute approximate surface area is 108 Å². The molecule has 0 aliphatic heterocycles. The maximum Gasteiger partial charge on any atom is 0.144 e. The van der Waals surface area contributed by atoms with E-state index in [2.05, 4.69) is 5.32 Å². The summed E-state index contributed by atoms with van der Waals surface area (Å²) in [7, 11) is 1.56. The molecule has 1 atom stereocenters. The molecular formula is C13H22N2O3. The topological polar surface area (TPSA) is 76.7 Å². The van der Waals surface area contributed by atoms with Gasteiger partial charge in [-0.15, -0.1) is 0 Å². The van der Waals surface area contributed by atoms with Crippen LogP contribution in [-0.4, -0.2) is 38.1 Å². The largest absolute Gasteiger partial charge is 0.491 e. The highest BCUT2D eigenvalue weighted by Crippen LogP contribution is 2.25. The van der Waals surface area contributed by atoms with Crippen LogP contribution in [0.5, 0.6) is 5.75 Å². The van der Waals surface area contributed by atoms with Crippen LogP contribution in [0.1, 0.15) is 13.3 Å². The molecule has 0 spiro atoms. The smallest absolute Gasteiger partial charge is 0.144 e. The van der Waals surface area contributed by atoms with E-state index in [1.54, 1.807) is 13.2 Å². The summed E-state index contributed by atoms with van der Waals surface area (Å²) in [4.78, 5) is 0. The SMILES string of the molecule is CCCOc1cc(NCC(O)COC)ccc1N. The van der Waals surface area contributed by atoms with Gasteiger partial charge in [0.25, 0.3) is 0 Å². The van der Waals surface area contributed by atoms with Crippen LogP contribution >= 0.6 is 0 Å². The van der Waals surface area contributed by atoms with Gasteiger partial charge in [0, 0.05) is 25.4 Å². The molecule has 0 aliphatic carbocycles. The summed E-state index contributed by atoms with van der Waals surface area (Å²) in [6.07, 6.45) is 0.400. The predicted molar refractivity (Wildman–Crippen MR) is 73.0 cm³/mol. The summed E-state index contributed by atoms with van der Waals surface area (Å²) < 4.78 is 10.4. The number of aliphatic hydroxyl groups is 1. The average Bonchev–Trinajstić information content (AvgIpc) is 2.36. The van der Waals surface area contributed by atoms with E-state index in [1.165, 1.54) is 0 Å². The number of aliphatic hydroxyl groups excluding tert-OH is 1. The minimum absolute atomic E-state index is 0.307. The predicted octanol–water partition coefficient (Wildman–Crippen LogP) is 1.48. The summed E-state index contributed by atoms with van der Waals surface area (Å²) >= 11 is 0. The quantitative estimate of drug-likeness (QED) is 0.612. The van der Waals surface area contributed by atoms with E-state index >= 15 is 0 Å². The number of methoxy groups -OCH3 is 1. The Bertz CT molecular complexity index is 358. The monoisotopic (exact) mass is 254 g/mol. The normalized spacial score (nSPS) is 12.2. The van der Waals surface area contributed by atoms with Gasteiger partial charge in [0.15, 0.2) is 0 Å². The van der Waals surface area contributed by atoms with Crippen molar-refractivity contribution >= 4 is 11.4 Å². The number of nitrogen functional groups attached to an aromatic ring is 1. The van der Waals surface area contributed by atoms with Crippen LogP contribution in [-0.2, 0) is 4.74 Å². The van der Waals surface area contributed by atoms with Crippen molar-refractivity contribution in [1.82, 2.24) is 0 Å². The van der Waals surface area contributed by atoms with Gasteiger partial charge in [-0.05, 0) is 18.6 Å². The molecule has 1 aromatic carbocycles. The molecule has 102 valence electrons. The van der Waals surface area contributed by atoms with Crippen LogP contribution in [0, 0.1) is 0 Å². The van der Waals surface area contributed by atoms with E-state index in [4.69, 9.17) is 15.2 Å². The van der Waals surface area contributed by atoms with E-state index in [9.17, 15) is 5.11 Å². The van der Waals surface area contributed by atoms with Crippen molar-refractivity contribution in [1.29, 1.82) is 0 Å². The first-order valence-corrected chi connectivity index (χ1v) is 6.10. The summed E-state index contributed by atoms with van der Waals surface area (Å²) in [5.74, 6) is 0.670. The third-order valence-electron chi connectivity index (χ3n) is 2.38. The maximum absolute atomic E-state index is 9.53. The second kappa shape index (κ2) is 7.79. The van der Waals surface area contributed by atoms with Gasteiger partial charge in [0.1, 0.15) is 5.75 Å². The first-order valence-electron chi connectivity index (χ1n) is 6.10. The molecule has 1 unspecified atom stereocenters. The fraction of sp³-hybridized carbons (Fsp3) is 0.538. The van der Waals surface area contributed by atoms with Gasteiger partial charge < -0.3 is 25.6 Å². The lowest BCUT2D eigenvalue weighted by Gasteiger charge is -2.14. The maximum atomic E-state index is 9.53. The lowest BCUT2D eigenvalue weighted by atomic mass is 10.2. The molecule has 1 aromatic rings. The Balaban J connectivity index is 2.55. The molecule has 5 nitrogen and oxygen atoms in total. The van der Waals surface area contributed by atoms with Gasteiger partial charge in [0.05, 0.1) is 25.0 Å². The van der Waals surface area contributed by atoms with E-state index in [1.807, 2.05) is 19.1 Å². The fourth-order valence-corrected chi connectivity index (χ4v) is 1.47. The highest BCUT2D eigenvalue weighted by atomic mass is 16.5. The second-order valence-electron chi connectivity index (χ2n) is 4.09. The van der Waals surface area contributed by atoms with Crippen molar-refractivity contribution in [2.75, 3.05) is 37.9 Å². The number of ether oxygens (including phenoxy) is 2. The molecule has 0 aromatic heterocycles. The van der Waals surface area contributed by atoms with E-state index in [0.29, 0.717) is 31.2 Å². The van der Waals surface area contributed by atoms with Crippen molar-refractivity contribution in [3.05, 3.63) is 18.2 Å². The minimum atomic E-state index is -0.535. The first-order chi connectivity index (χ1) is 8.67. The van der Waals surface area contributed by atoms with E-state index < -0.39 is 6.10 Å². The molecule has 1 rings (SSSR count). The molecular weight excluding hydrogens is 232 g/mol. The highest BCUT2D eigenvalue weighted by molar-refractivity contribution is 5.61. The van der Waals surface area contributed by atoms with E-state index in [-0.39, 0.29) is 0 Å². The third kappa shape index (κ3) is 4.81. The van der Waals surface area contributed by atoms with Crippen LogP contribution in [0.15, 0.2) is 18.2 Å². The molecule has 0 aliphatic rings. The molecule has 0 heterocycles. The van der Waals surface area contributed by atoms with Crippen LogP contribution in [0.3, 0.4) is 0 Å². The molecule has 0 saturated carbocycles. The molecule has 4 N–H and O–H groups in total. The summed E-state index contributed by atoms with van der Waals surface area (Å²) in [5.41, 5.74) is 7.29. The van der Waals surface area contributed by atoms with Crippen molar-refractivity contribution in [2.45, 2.75) is 19.4 Å². The molecule has 0 radical (unpaired) electrons. The van der Waals surface area contributed by atoms with Crippen LogP contribution in [0.4, 0.5) is 11.4 Å². The van der Waals surface area contributed by atoms with E-state index in [0.717, 1.165) is 12.1 Å². The summed E-state index contributed by atoms with van der Waals surface area (Å²) in [6.45, 7) is 3.41. The molecule has 18 heavy (non-hydrogen) atoms. The Hall–Kier alpha value is -1.46. The van der Waals surface area contributed by atoms with Crippen molar-refractivity contribution < 1.29 is 14.6 Å². The van der Waals surface area contributed by atoms with Gasteiger partial charge in [-0.1, -0.05) is 6.92 Å². The Morgan fingerprint density at radius 3 is 2.89 bits per heavy atom. The molecule has 0 bridgehead atoms. The zero-order valence-corrected chi connectivity index (χ0v) is 11.0. The van der Waals surface area contributed by atoms with Crippen molar-refractivity contribution in [3.63, 3.8) is 0 Å². The van der Waals surface area contributed by atoms with Crippen LogP contribution in [0.25, 0.3) is 0 Å². The van der Waals surface area contributed by atoms with Gasteiger partial charge in [-0.2, -0.15) is 0 Å². The number of hydrogen-bond acceptors (Lipinski definition) is 5. The first kappa shape index (κ1) is 14.6. The number of nitrogens with two attached hydrogens (primary N) is 1. The van der Waals surface area contributed by atoms with Gasteiger partial charge in [0.2, 0.25) is 0 Å². The van der Waals surface area contributed by atoms with Crippen LogP contribution < -0.4 is 15.8 Å². The molecule has 0 amide bonds. The molecule has 0 saturated heterocycles. The minimum Gasteiger partial charge on any atom is -0.491 e. The van der Waals surface area contributed by atoms with Gasteiger partial charge >= 0.3 is 0 Å². The highest BCUT2D eigenvalue weighted by Gasteiger charge is 2.05. The zero-order valence-electron chi connectivity index (χ0n) is 11.0. The lowest BCUT2D eigenvalue weighted by molar-refractivity contribution is 0.0727. The van der Waals surface area contributed by atoms with Crippen molar-refractivity contribution in [2.24, 2.45) is 0 Å². The number of hydrogen-bond donors (Lipinski definition) is 3. The van der Waals surface area contributed by atoms with Gasteiger partial charge in [-0.3, -0.25) is 0 Å². The average molecular weight is 254 g/mol. The number of anilines is 2. The van der Waals surface area contributed by atoms with Crippen LogP contribution in [0.2, 0.25) is 0 Å². The second-order valence-corrected chi connectivity index (χ2v) is 4.09. The fourth-order valence-electron chi connectivity index (χ4n) is 1.47. The Morgan fingerprint density at radius 2 is 2.22 bits per heavy atom. The number of benzene rings is 1. The Kier molecular flexibility index (Phi) is 6.32. The molecule has 5 heteroatoms. The lowest BCUT2D eigenvalue weighted by Crippen LogP contribution is -2.24. The Morgan fingerprint density at radius 1 is 1.44 bits per heavy atom. The third-order valence-corrected chi connectivity index (χ3v) is 2.38. The number of nitrogens with one attached hydrogen (secondary N) is 1.